The number of H-pyrrole nitrogens is 1. The van der Waals surface area contributed by atoms with Gasteiger partial charge in [-0.05, 0) is 18.1 Å². The second-order valence-electron chi connectivity index (χ2n) is 5.02. The third kappa shape index (κ3) is 2.45. The fraction of sp³-hybridized carbons (Fsp3) is 0.214. The second-order valence-corrected chi connectivity index (χ2v) is 5.88. The highest BCUT2D eigenvalue weighted by atomic mass is 35.5. The normalized spacial score (nSPS) is 11.5. The van der Waals surface area contributed by atoms with E-state index in [1.807, 2.05) is 26.0 Å². The molecule has 1 aromatic carbocycles. The molecule has 0 bridgehead atoms. The van der Waals surface area contributed by atoms with Gasteiger partial charge in [0, 0.05) is 10.6 Å². The van der Waals surface area contributed by atoms with Crippen LogP contribution < -0.4 is 5.56 Å². The summed E-state index contributed by atoms with van der Waals surface area (Å²) in [4.78, 5) is 19.0. The van der Waals surface area contributed by atoms with E-state index >= 15 is 0 Å². The molecular weight excluding hydrogens is 308 g/mol. The molecule has 0 saturated heterocycles. The Morgan fingerprint density at radius 1 is 1.29 bits per heavy atom. The van der Waals surface area contributed by atoms with Crippen molar-refractivity contribution in [3.05, 3.63) is 45.3 Å². The fourth-order valence-electron chi connectivity index (χ4n) is 2.23. The van der Waals surface area contributed by atoms with Crippen molar-refractivity contribution in [2.45, 2.75) is 24.9 Å². The van der Waals surface area contributed by atoms with E-state index in [4.69, 9.17) is 11.6 Å². The van der Waals surface area contributed by atoms with Gasteiger partial charge in [-0.3, -0.25) is 9.78 Å². The molecule has 0 spiro atoms. The third-order valence-corrected chi connectivity index (χ3v) is 3.62. The summed E-state index contributed by atoms with van der Waals surface area (Å²) >= 11 is 10.1. The highest BCUT2D eigenvalue weighted by Crippen LogP contribution is 2.29. The van der Waals surface area contributed by atoms with Crippen molar-refractivity contribution in [3.8, 4) is 11.3 Å². The molecule has 3 aromatic rings. The number of thiol groups is 1. The molecule has 0 atom stereocenters. The number of hydrogen-bond acceptors (Lipinski definition) is 4. The van der Waals surface area contributed by atoms with Crippen LogP contribution >= 0.6 is 24.2 Å². The highest BCUT2D eigenvalue weighted by Gasteiger charge is 2.19. The van der Waals surface area contributed by atoms with E-state index in [0.29, 0.717) is 5.02 Å². The fourth-order valence-corrected chi connectivity index (χ4v) is 2.55. The first-order valence-electron chi connectivity index (χ1n) is 6.45. The van der Waals surface area contributed by atoms with Gasteiger partial charge in [-0.1, -0.05) is 37.6 Å². The zero-order valence-corrected chi connectivity index (χ0v) is 13.1. The molecule has 7 heteroatoms. The maximum absolute atomic E-state index is 12.0. The lowest BCUT2D eigenvalue weighted by atomic mass is 10.0. The van der Waals surface area contributed by atoms with Crippen molar-refractivity contribution in [2.75, 3.05) is 0 Å². The number of aromatic amines is 1. The van der Waals surface area contributed by atoms with Gasteiger partial charge >= 0.3 is 0 Å². The molecule has 3 rings (SSSR count). The Bertz CT molecular complexity index is 867. The summed E-state index contributed by atoms with van der Waals surface area (Å²) in [5.41, 5.74) is 2.47. The molecule has 0 fully saturated rings. The molecule has 108 valence electrons. The van der Waals surface area contributed by atoms with Gasteiger partial charge in [0.1, 0.15) is 0 Å². The van der Waals surface area contributed by atoms with Gasteiger partial charge in [0.25, 0.3) is 5.56 Å². The van der Waals surface area contributed by atoms with Gasteiger partial charge in [0.05, 0.1) is 11.4 Å². The maximum Gasteiger partial charge on any atom is 0.295 e. The number of hydrogen-bond donors (Lipinski definition) is 2. The van der Waals surface area contributed by atoms with E-state index in [-0.39, 0.29) is 22.3 Å². The quantitative estimate of drug-likeness (QED) is 0.713. The third-order valence-electron chi connectivity index (χ3n) is 3.17. The van der Waals surface area contributed by atoms with Crippen LogP contribution in [0.15, 0.2) is 34.2 Å². The lowest BCUT2D eigenvalue weighted by Gasteiger charge is -2.07. The standard InChI is InChI=1S/C14H13ClN4OS/c1-7(2)10-11(8-3-5-9(15)6-4-8)19-12(16-10)13(20)17-14(21)18-19/h3-7H,1-2H3,(H2,17,18,20,21). The molecular formula is C14H13ClN4OS. The smallest absolute Gasteiger partial charge is 0.295 e. The first-order chi connectivity index (χ1) is 9.97. The van der Waals surface area contributed by atoms with Crippen LogP contribution in [0.25, 0.3) is 16.9 Å². The molecule has 0 radical (unpaired) electrons. The first-order valence-corrected chi connectivity index (χ1v) is 7.27. The summed E-state index contributed by atoms with van der Waals surface area (Å²) in [6.07, 6.45) is 0. The molecule has 1 N–H and O–H groups in total. The molecule has 0 aliphatic rings. The van der Waals surface area contributed by atoms with Crippen molar-refractivity contribution in [3.63, 3.8) is 0 Å². The molecule has 0 aliphatic heterocycles. The highest BCUT2D eigenvalue weighted by molar-refractivity contribution is 7.80. The van der Waals surface area contributed by atoms with E-state index < -0.39 is 0 Å². The van der Waals surface area contributed by atoms with Crippen LogP contribution in [-0.2, 0) is 0 Å². The van der Waals surface area contributed by atoms with Crippen LogP contribution in [0.4, 0.5) is 0 Å². The van der Waals surface area contributed by atoms with Crippen LogP contribution in [0.5, 0.6) is 0 Å². The average Bonchev–Trinajstić information content (AvgIpc) is 2.79. The lowest BCUT2D eigenvalue weighted by Crippen LogP contribution is -2.13. The molecule has 21 heavy (non-hydrogen) atoms. The Morgan fingerprint density at radius 2 is 1.95 bits per heavy atom. The summed E-state index contributed by atoms with van der Waals surface area (Å²) in [6, 6.07) is 7.38. The van der Waals surface area contributed by atoms with Crippen molar-refractivity contribution < 1.29 is 0 Å². The minimum absolute atomic E-state index is 0.153. The molecule has 5 nitrogen and oxygen atoms in total. The number of rotatable bonds is 2. The molecule has 0 saturated carbocycles. The molecule has 2 heterocycles. The number of benzene rings is 1. The van der Waals surface area contributed by atoms with E-state index in [1.165, 1.54) is 0 Å². The number of aromatic nitrogens is 4. The van der Waals surface area contributed by atoms with Crippen LogP contribution in [-0.4, -0.2) is 19.6 Å². The second kappa shape index (κ2) is 5.20. The van der Waals surface area contributed by atoms with Gasteiger partial charge in [0.15, 0.2) is 5.16 Å². The molecule has 0 aliphatic carbocycles. The van der Waals surface area contributed by atoms with Crippen LogP contribution in [0.3, 0.4) is 0 Å². The maximum atomic E-state index is 12.0. The zero-order chi connectivity index (χ0) is 15.1. The zero-order valence-electron chi connectivity index (χ0n) is 11.5. The summed E-state index contributed by atoms with van der Waals surface area (Å²) in [6.45, 7) is 4.05. The number of nitrogens with zero attached hydrogens (tertiary/aromatic N) is 3. The largest absolute Gasteiger partial charge is 0.297 e. The van der Waals surface area contributed by atoms with Crippen LogP contribution in [0.1, 0.15) is 25.5 Å². The van der Waals surface area contributed by atoms with E-state index in [2.05, 4.69) is 27.7 Å². The molecule has 0 unspecified atom stereocenters. The Kier molecular flexibility index (Phi) is 3.51. The topological polar surface area (TPSA) is 63.0 Å². The Morgan fingerprint density at radius 3 is 2.57 bits per heavy atom. The van der Waals surface area contributed by atoms with Gasteiger partial charge in [-0.2, -0.15) is 0 Å². The van der Waals surface area contributed by atoms with E-state index in [0.717, 1.165) is 17.0 Å². The summed E-state index contributed by atoms with van der Waals surface area (Å²) < 4.78 is 1.54. The number of nitrogens with one attached hydrogen (secondary N) is 1. The Hall–Kier alpha value is -1.79. The summed E-state index contributed by atoms with van der Waals surface area (Å²) in [5, 5.41) is 5.17. The first kappa shape index (κ1) is 14.2. The van der Waals surface area contributed by atoms with Crippen molar-refractivity contribution >= 4 is 29.9 Å². The minimum Gasteiger partial charge on any atom is -0.297 e. The molecule has 2 aromatic heterocycles. The monoisotopic (exact) mass is 320 g/mol. The van der Waals surface area contributed by atoms with E-state index in [1.54, 1.807) is 16.6 Å². The number of fused-ring (bicyclic) bond motifs is 1. The molecule has 0 amide bonds. The predicted molar refractivity (Wildman–Crippen MR) is 85.4 cm³/mol. The Labute approximate surface area is 131 Å². The van der Waals surface area contributed by atoms with Crippen molar-refractivity contribution in [2.24, 2.45) is 0 Å². The van der Waals surface area contributed by atoms with Gasteiger partial charge in [0.2, 0.25) is 5.65 Å². The van der Waals surface area contributed by atoms with Crippen LogP contribution in [0.2, 0.25) is 5.02 Å². The number of imidazole rings is 1. The van der Waals surface area contributed by atoms with Crippen LogP contribution in [0, 0.1) is 0 Å². The average molecular weight is 321 g/mol. The van der Waals surface area contributed by atoms with Gasteiger partial charge < -0.3 is 0 Å². The SMILES string of the molecule is CC(C)c1nc2c(=O)[nH]c(S)nn2c1-c1ccc(Cl)cc1. The minimum atomic E-state index is -0.308. The van der Waals surface area contributed by atoms with Gasteiger partial charge in [-0.15, -0.1) is 17.7 Å². The van der Waals surface area contributed by atoms with Crippen molar-refractivity contribution in [1.82, 2.24) is 19.6 Å². The Balaban J connectivity index is 2.40. The van der Waals surface area contributed by atoms with Gasteiger partial charge in [-0.25, -0.2) is 9.50 Å². The lowest BCUT2D eigenvalue weighted by molar-refractivity contribution is 0.783. The van der Waals surface area contributed by atoms with E-state index in [9.17, 15) is 4.79 Å². The predicted octanol–water partition coefficient (Wildman–Crippen LogP) is 3.15. The van der Waals surface area contributed by atoms with Crippen molar-refractivity contribution in [1.29, 1.82) is 0 Å². The number of halogens is 1. The summed E-state index contributed by atoms with van der Waals surface area (Å²) in [7, 11) is 0. The summed E-state index contributed by atoms with van der Waals surface area (Å²) in [5.74, 6) is 0.153.